The Morgan fingerprint density at radius 1 is 1.31 bits per heavy atom. The number of hydrogen-bond acceptors (Lipinski definition) is 4. The second kappa shape index (κ2) is 9.62. The van der Waals surface area contributed by atoms with Gasteiger partial charge in [-0.1, -0.05) is 25.3 Å². The van der Waals surface area contributed by atoms with Crippen molar-refractivity contribution < 1.29 is 19.5 Å². The lowest BCUT2D eigenvalue weighted by Gasteiger charge is -2.17. The maximum absolute atomic E-state index is 12.1. The van der Waals surface area contributed by atoms with Crippen LogP contribution in [0.15, 0.2) is 54.1 Å². The standard InChI is InChI=1S/C17H21N5O4/c1-3-10(2)13(8-15(24)25)22-14(23)9-20-16(26)11-5-4-6-12(7-11)21-17(18)19/h3-7,13H,1-2,8-9H2,(H,20,26)(H,22,23)(H,24,25)(H4,18,19,21). The zero-order valence-electron chi connectivity index (χ0n) is 14.1. The van der Waals surface area contributed by atoms with Gasteiger partial charge in [0, 0.05) is 5.56 Å². The lowest BCUT2D eigenvalue weighted by atomic mass is 10.1. The van der Waals surface area contributed by atoms with E-state index in [4.69, 9.17) is 16.6 Å². The van der Waals surface area contributed by atoms with Crippen molar-refractivity contribution in [2.45, 2.75) is 12.5 Å². The van der Waals surface area contributed by atoms with Gasteiger partial charge in [0.2, 0.25) is 5.91 Å². The molecule has 26 heavy (non-hydrogen) atoms. The zero-order chi connectivity index (χ0) is 19.7. The number of nitrogens with one attached hydrogen (secondary N) is 2. The monoisotopic (exact) mass is 359 g/mol. The lowest BCUT2D eigenvalue weighted by Crippen LogP contribution is -2.43. The number of amides is 2. The fraction of sp³-hybridized carbons (Fsp3) is 0.176. The largest absolute Gasteiger partial charge is 0.481 e. The van der Waals surface area contributed by atoms with Crippen molar-refractivity contribution in [1.29, 1.82) is 0 Å². The summed E-state index contributed by atoms with van der Waals surface area (Å²) in [5.41, 5.74) is 11.6. The number of aliphatic carboxylic acids is 1. The SMILES string of the molecule is C=CC(=C)C(CC(=O)O)NC(=O)CNC(=O)c1cccc(N=C(N)N)c1. The maximum Gasteiger partial charge on any atom is 0.305 e. The van der Waals surface area contributed by atoms with Gasteiger partial charge < -0.3 is 27.2 Å². The Labute approximate surface area is 150 Å². The summed E-state index contributed by atoms with van der Waals surface area (Å²) in [6.45, 7) is 6.79. The van der Waals surface area contributed by atoms with E-state index in [1.807, 2.05) is 0 Å². The first-order valence-corrected chi connectivity index (χ1v) is 7.53. The Kier molecular flexibility index (Phi) is 7.56. The second-order valence-electron chi connectivity index (χ2n) is 5.27. The van der Waals surface area contributed by atoms with Gasteiger partial charge in [-0.3, -0.25) is 14.4 Å². The molecule has 0 radical (unpaired) electrons. The van der Waals surface area contributed by atoms with E-state index in [1.54, 1.807) is 12.1 Å². The number of nitrogens with zero attached hydrogens (tertiary/aromatic N) is 1. The molecule has 1 aromatic rings. The highest BCUT2D eigenvalue weighted by Gasteiger charge is 2.18. The summed E-state index contributed by atoms with van der Waals surface area (Å²) in [5, 5.41) is 13.8. The molecule has 9 heteroatoms. The molecule has 1 unspecified atom stereocenters. The molecular formula is C17H21N5O4. The molecule has 0 saturated heterocycles. The molecule has 0 spiro atoms. The maximum atomic E-state index is 12.1. The minimum absolute atomic E-state index is 0.145. The Bertz CT molecular complexity index is 753. The topological polar surface area (TPSA) is 160 Å². The molecule has 1 atom stereocenters. The van der Waals surface area contributed by atoms with Gasteiger partial charge in [0.15, 0.2) is 5.96 Å². The lowest BCUT2D eigenvalue weighted by molar-refractivity contribution is -0.137. The third-order valence-corrected chi connectivity index (χ3v) is 3.20. The Balaban J connectivity index is 2.67. The quantitative estimate of drug-likeness (QED) is 0.237. The van der Waals surface area contributed by atoms with Gasteiger partial charge >= 0.3 is 5.97 Å². The van der Waals surface area contributed by atoms with Crippen molar-refractivity contribution in [3.63, 3.8) is 0 Å². The van der Waals surface area contributed by atoms with E-state index in [9.17, 15) is 14.4 Å². The van der Waals surface area contributed by atoms with Crippen LogP contribution in [0.5, 0.6) is 0 Å². The van der Waals surface area contributed by atoms with E-state index >= 15 is 0 Å². The van der Waals surface area contributed by atoms with Crippen LogP contribution in [0.1, 0.15) is 16.8 Å². The van der Waals surface area contributed by atoms with Crippen LogP contribution >= 0.6 is 0 Å². The van der Waals surface area contributed by atoms with Crippen LogP contribution in [-0.4, -0.2) is 41.4 Å². The smallest absolute Gasteiger partial charge is 0.305 e. The van der Waals surface area contributed by atoms with E-state index < -0.39 is 23.8 Å². The molecule has 0 heterocycles. The molecule has 7 N–H and O–H groups in total. The molecule has 0 saturated carbocycles. The van der Waals surface area contributed by atoms with Gasteiger partial charge in [0.25, 0.3) is 5.91 Å². The molecule has 0 bridgehead atoms. The minimum Gasteiger partial charge on any atom is -0.481 e. The normalized spacial score (nSPS) is 10.9. The highest BCUT2D eigenvalue weighted by molar-refractivity contribution is 5.97. The fourth-order valence-electron chi connectivity index (χ4n) is 1.97. The number of hydrogen-bond donors (Lipinski definition) is 5. The second-order valence-corrected chi connectivity index (χ2v) is 5.27. The van der Waals surface area contributed by atoms with E-state index in [2.05, 4.69) is 28.8 Å². The van der Waals surface area contributed by atoms with Gasteiger partial charge in [-0.15, -0.1) is 0 Å². The van der Waals surface area contributed by atoms with Crippen LogP contribution in [0.4, 0.5) is 5.69 Å². The average molecular weight is 359 g/mol. The van der Waals surface area contributed by atoms with Crippen molar-refractivity contribution in [2.75, 3.05) is 6.54 Å². The van der Waals surface area contributed by atoms with Crippen molar-refractivity contribution in [1.82, 2.24) is 10.6 Å². The van der Waals surface area contributed by atoms with Gasteiger partial charge in [-0.05, 0) is 23.8 Å². The molecule has 2 amide bonds. The number of nitrogens with two attached hydrogens (primary N) is 2. The van der Waals surface area contributed by atoms with Gasteiger partial charge in [0.1, 0.15) is 0 Å². The van der Waals surface area contributed by atoms with Crippen LogP contribution in [0.2, 0.25) is 0 Å². The summed E-state index contributed by atoms with van der Waals surface area (Å²) >= 11 is 0. The summed E-state index contributed by atoms with van der Waals surface area (Å²) in [7, 11) is 0. The summed E-state index contributed by atoms with van der Waals surface area (Å²) in [5.74, 6) is -2.31. The number of carbonyl (C=O) groups is 3. The number of guanidine groups is 1. The molecule has 1 rings (SSSR count). The third-order valence-electron chi connectivity index (χ3n) is 3.20. The number of rotatable bonds is 9. The summed E-state index contributed by atoms with van der Waals surface area (Å²) in [4.78, 5) is 38.7. The molecule has 0 aromatic heterocycles. The molecule has 0 fully saturated rings. The van der Waals surface area contributed by atoms with Crippen molar-refractivity contribution in [3.8, 4) is 0 Å². The van der Waals surface area contributed by atoms with Gasteiger partial charge in [-0.25, -0.2) is 4.99 Å². The first kappa shape index (κ1) is 20.4. The third kappa shape index (κ3) is 6.87. The molecule has 0 aliphatic carbocycles. The Morgan fingerprint density at radius 2 is 2.00 bits per heavy atom. The summed E-state index contributed by atoms with van der Waals surface area (Å²) in [6.07, 6.45) is 1.02. The number of carbonyl (C=O) groups excluding carboxylic acids is 2. The molecule has 1 aromatic carbocycles. The van der Waals surface area contributed by atoms with E-state index in [0.29, 0.717) is 11.3 Å². The van der Waals surface area contributed by atoms with E-state index in [-0.39, 0.29) is 24.5 Å². The highest BCUT2D eigenvalue weighted by atomic mass is 16.4. The van der Waals surface area contributed by atoms with Gasteiger partial charge in [-0.2, -0.15) is 0 Å². The first-order valence-electron chi connectivity index (χ1n) is 7.53. The van der Waals surface area contributed by atoms with Crippen molar-refractivity contribution >= 4 is 29.4 Å². The molecule has 9 nitrogen and oxygen atoms in total. The Hall–Kier alpha value is -3.62. The molecule has 0 aliphatic rings. The van der Waals surface area contributed by atoms with E-state index in [1.165, 1.54) is 18.2 Å². The van der Waals surface area contributed by atoms with Gasteiger partial charge in [0.05, 0.1) is 24.7 Å². The van der Waals surface area contributed by atoms with Crippen LogP contribution in [0.25, 0.3) is 0 Å². The van der Waals surface area contributed by atoms with Crippen molar-refractivity contribution in [3.05, 3.63) is 54.6 Å². The zero-order valence-corrected chi connectivity index (χ0v) is 14.1. The number of carboxylic acid groups (broad SMARTS) is 1. The van der Waals surface area contributed by atoms with Crippen LogP contribution in [-0.2, 0) is 9.59 Å². The predicted molar refractivity (Wildman–Crippen MR) is 97.8 cm³/mol. The van der Waals surface area contributed by atoms with Crippen LogP contribution < -0.4 is 22.1 Å². The predicted octanol–water partition coefficient (Wildman–Crippen LogP) is 0.0230. The van der Waals surface area contributed by atoms with Crippen molar-refractivity contribution in [2.24, 2.45) is 16.5 Å². The summed E-state index contributed by atoms with van der Waals surface area (Å²) < 4.78 is 0. The van der Waals surface area contributed by atoms with Crippen LogP contribution in [0, 0.1) is 0 Å². The Morgan fingerprint density at radius 3 is 2.58 bits per heavy atom. The number of aliphatic imine (C=N–C) groups is 1. The fourth-order valence-corrected chi connectivity index (χ4v) is 1.97. The average Bonchev–Trinajstić information content (AvgIpc) is 2.57. The minimum atomic E-state index is -1.10. The molecular weight excluding hydrogens is 338 g/mol. The summed E-state index contributed by atoms with van der Waals surface area (Å²) in [6, 6.07) is 5.39. The number of carboxylic acids is 1. The van der Waals surface area contributed by atoms with Crippen LogP contribution in [0.3, 0.4) is 0 Å². The first-order chi connectivity index (χ1) is 12.2. The highest BCUT2D eigenvalue weighted by Crippen LogP contribution is 2.13. The molecule has 138 valence electrons. The number of benzene rings is 1. The molecule has 0 aliphatic heterocycles. The van der Waals surface area contributed by atoms with E-state index in [0.717, 1.165) is 0 Å².